The van der Waals surface area contributed by atoms with Crippen LogP contribution in [0.1, 0.15) is 58.4 Å². The molecule has 272 valence electrons. The van der Waals surface area contributed by atoms with Crippen molar-refractivity contribution in [2.24, 2.45) is 11.7 Å². The number of nitrogens with two attached hydrogens (primary N) is 1. The number of urea groups is 1. The molecule has 1 aromatic rings. The highest BCUT2D eigenvalue weighted by Crippen LogP contribution is 2.13. The molecule has 0 radical (unpaired) electrons. The van der Waals surface area contributed by atoms with Gasteiger partial charge in [-0.2, -0.15) is 0 Å². The fourth-order valence-electron chi connectivity index (χ4n) is 4.52. The van der Waals surface area contributed by atoms with Crippen LogP contribution in [0.25, 0.3) is 0 Å². The second-order valence-electron chi connectivity index (χ2n) is 11.6. The standard InChI is InChI=1S/C32H43N7O11/c1-4-27(45)50-17-19-7-9-20(10-8-19)35-29(46)21(6-5-15-34-32(33)49)37-31(48)28(18(2)3)38-30(47)22(11-14-26(43)44)36-23(40)16-39-24(41)12-13-25(39)42/h7-10,12-13,18,21-22,28H,4-6,11,14-17H2,1-3H3,(H,35,46)(H,36,40)(H,37,48)(H,38,47)(H,43,44)(H3,33,34,49)/t21-,22-,28-/m0/s1. The molecule has 0 saturated carbocycles. The minimum atomic E-state index is -1.46. The predicted octanol–water partition coefficient (Wildman–Crippen LogP) is -0.573. The van der Waals surface area contributed by atoms with Crippen LogP contribution >= 0.6 is 0 Å². The molecule has 8 N–H and O–H groups in total. The van der Waals surface area contributed by atoms with Crippen molar-refractivity contribution >= 4 is 59.1 Å². The molecule has 18 heteroatoms. The number of anilines is 1. The van der Waals surface area contributed by atoms with Crippen molar-refractivity contribution in [1.29, 1.82) is 0 Å². The molecule has 0 spiro atoms. The molecule has 0 bridgehead atoms. The van der Waals surface area contributed by atoms with E-state index in [9.17, 15) is 48.3 Å². The van der Waals surface area contributed by atoms with Crippen LogP contribution in [0.3, 0.4) is 0 Å². The van der Waals surface area contributed by atoms with Gasteiger partial charge in [-0.25, -0.2) is 4.79 Å². The summed E-state index contributed by atoms with van der Waals surface area (Å²) >= 11 is 0. The van der Waals surface area contributed by atoms with Crippen molar-refractivity contribution in [2.45, 2.75) is 77.6 Å². The zero-order valence-electron chi connectivity index (χ0n) is 28.0. The summed E-state index contributed by atoms with van der Waals surface area (Å²) in [5, 5.41) is 21.7. The van der Waals surface area contributed by atoms with Gasteiger partial charge >= 0.3 is 18.0 Å². The van der Waals surface area contributed by atoms with E-state index in [1.165, 1.54) is 0 Å². The highest BCUT2D eigenvalue weighted by molar-refractivity contribution is 6.14. The lowest BCUT2D eigenvalue weighted by atomic mass is 10.0. The number of nitrogens with one attached hydrogen (secondary N) is 5. The summed E-state index contributed by atoms with van der Waals surface area (Å²) in [6, 6.07) is 1.79. The first-order valence-electron chi connectivity index (χ1n) is 15.8. The van der Waals surface area contributed by atoms with E-state index in [1.54, 1.807) is 45.0 Å². The Labute approximate surface area is 287 Å². The molecule has 0 aromatic heterocycles. The van der Waals surface area contributed by atoms with Gasteiger partial charge in [0.1, 0.15) is 31.3 Å². The fraction of sp³-hybridized carbons (Fsp3) is 0.469. The van der Waals surface area contributed by atoms with Crippen LogP contribution in [-0.4, -0.2) is 94.6 Å². The monoisotopic (exact) mass is 701 g/mol. The smallest absolute Gasteiger partial charge is 0.312 e. The molecule has 3 atom stereocenters. The summed E-state index contributed by atoms with van der Waals surface area (Å²) in [4.78, 5) is 111. The van der Waals surface area contributed by atoms with Crippen LogP contribution in [0.5, 0.6) is 0 Å². The molecule has 1 aliphatic heterocycles. The van der Waals surface area contributed by atoms with E-state index >= 15 is 0 Å². The Morgan fingerprint density at radius 1 is 0.860 bits per heavy atom. The lowest BCUT2D eigenvalue weighted by molar-refractivity contribution is -0.144. The lowest BCUT2D eigenvalue weighted by Gasteiger charge is -2.27. The number of aliphatic carboxylic acids is 1. The minimum absolute atomic E-state index is 0.0434. The van der Waals surface area contributed by atoms with Crippen LogP contribution in [0, 0.1) is 5.92 Å². The van der Waals surface area contributed by atoms with E-state index in [0.29, 0.717) is 16.2 Å². The second-order valence-corrected chi connectivity index (χ2v) is 11.6. The Balaban J connectivity index is 2.17. The van der Waals surface area contributed by atoms with Crippen molar-refractivity contribution in [1.82, 2.24) is 26.2 Å². The van der Waals surface area contributed by atoms with Crippen LogP contribution < -0.4 is 32.3 Å². The van der Waals surface area contributed by atoms with Gasteiger partial charge in [0.05, 0.1) is 0 Å². The van der Waals surface area contributed by atoms with Gasteiger partial charge in [0.25, 0.3) is 11.8 Å². The summed E-state index contributed by atoms with van der Waals surface area (Å²) in [7, 11) is 0. The first kappa shape index (κ1) is 40.4. The lowest BCUT2D eigenvalue weighted by Crippen LogP contribution is -2.58. The van der Waals surface area contributed by atoms with E-state index < -0.39 is 84.5 Å². The Morgan fingerprint density at radius 2 is 1.48 bits per heavy atom. The number of carbonyl (C=O) groups excluding carboxylic acids is 8. The Kier molecular flexibility index (Phi) is 16.0. The number of amides is 8. The molecule has 50 heavy (non-hydrogen) atoms. The van der Waals surface area contributed by atoms with Crippen molar-refractivity contribution in [2.75, 3.05) is 18.4 Å². The maximum absolute atomic E-state index is 13.5. The molecular formula is C32H43N7O11. The third kappa shape index (κ3) is 13.7. The van der Waals surface area contributed by atoms with Gasteiger partial charge in [-0.1, -0.05) is 32.9 Å². The molecule has 18 nitrogen and oxygen atoms in total. The molecule has 2 rings (SSSR count). The molecular weight excluding hydrogens is 658 g/mol. The minimum Gasteiger partial charge on any atom is -0.481 e. The number of carboxylic acids is 1. The number of rotatable bonds is 20. The average molecular weight is 702 g/mol. The number of nitrogens with zero attached hydrogens (tertiary/aromatic N) is 1. The molecule has 0 fully saturated rings. The summed E-state index contributed by atoms with van der Waals surface area (Å²) in [6.07, 6.45) is 1.53. The molecule has 0 aliphatic carbocycles. The second kappa shape index (κ2) is 19.9. The van der Waals surface area contributed by atoms with Gasteiger partial charge in [-0.3, -0.25) is 43.3 Å². The summed E-state index contributed by atoms with van der Waals surface area (Å²) in [5.74, 6) is -6.88. The zero-order chi connectivity index (χ0) is 37.4. The summed E-state index contributed by atoms with van der Waals surface area (Å²) < 4.78 is 5.10. The quantitative estimate of drug-likeness (QED) is 0.0514. The van der Waals surface area contributed by atoms with Gasteiger partial charge in [0, 0.05) is 37.2 Å². The number of benzene rings is 1. The number of imide groups is 1. The summed E-state index contributed by atoms with van der Waals surface area (Å²) in [5.41, 5.74) is 6.16. The van der Waals surface area contributed by atoms with Crippen LogP contribution in [0.4, 0.5) is 10.5 Å². The van der Waals surface area contributed by atoms with Gasteiger partial charge in [0.15, 0.2) is 0 Å². The van der Waals surface area contributed by atoms with E-state index in [0.717, 1.165) is 12.2 Å². The van der Waals surface area contributed by atoms with E-state index in [1.807, 2.05) is 0 Å². The van der Waals surface area contributed by atoms with Crippen LogP contribution in [0.15, 0.2) is 36.4 Å². The van der Waals surface area contributed by atoms with Gasteiger partial charge in [-0.15, -0.1) is 0 Å². The zero-order valence-corrected chi connectivity index (χ0v) is 28.0. The third-order valence-corrected chi connectivity index (χ3v) is 7.26. The van der Waals surface area contributed by atoms with Crippen molar-refractivity contribution in [3.63, 3.8) is 0 Å². The van der Waals surface area contributed by atoms with Crippen molar-refractivity contribution in [3.05, 3.63) is 42.0 Å². The van der Waals surface area contributed by atoms with Crippen LogP contribution in [0.2, 0.25) is 0 Å². The van der Waals surface area contributed by atoms with Crippen molar-refractivity contribution in [3.8, 4) is 0 Å². The van der Waals surface area contributed by atoms with Crippen LogP contribution in [-0.2, 0) is 49.7 Å². The first-order chi connectivity index (χ1) is 23.6. The number of carboxylic acid groups (broad SMARTS) is 1. The maximum Gasteiger partial charge on any atom is 0.312 e. The normalized spacial score (nSPS) is 14.0. The van der Waals surface area contributed by atoms with E-state index in [-0.39, 0.29) is 44.8 Å². The predicted molar refractivity (Wildman–Crippen MR) is 175 cm³/mol. The van der Waals surface area contributed by atoms with Gasteiger partial charge in [0.2, 0.25) is 23.6 Å². The third-order valence-electron chi connectivity index (χ3n) is 7.26. The molecule has 1 aromatic carbocycles. The number of carbonyl (C=O) groups is 9. The summed E-state index contributed by atoms with van der Waals surface area (Å²) in [6.45, 7) is 4.31. The van der Waals surface area contributed by atoms with Gasteiger partial charge in [-0.05, 0) is 42.9 Å². The van der Waals surface area contributed by atoms with Gasteiger partial charge < -0.3 is 42.2 Å². The topological polar surface area (TPSA) is 272 Å². The number of esters is 1. The molecule has 0 saturated heterocycles. The van der Waals surface area contributed by atoms with E-state index in [4.69, 9.17) is 10.5 Å². The Morgan fingerprint density at radius 3 is 2.04 bits per heavy atom. The molecule has 8 amide bonds. The number of hydrogen-bond acceptors (Lipinski definition) is 10. The largest absolute Gasteiger partial charge is 0.481 e. The maximum atomic E-state index is 13.5. The fourth-order valence-corrected chi connectivity index (χ4v) is 4.52. The Bertz CT molecular complexity index is 1460. The van der Waals surface area contributed by atoms with Crippen molar-refractivity contribution < 1.29 is 53.0 Å². The SMILES string of the molecule is CCC(=O)OCc1ccc(NC(=O)[C@H](CCCNC(N)=O)NC(=O)[C@@H](NC(=O)[C@H](CCC(=O)O)NC(=O)CN2C(=O)C=CC2=O)C(C)C)cc1. The number of hydrogen-bond donors (Lipinski definition) is 7. The molecule has 1 heterocycles. The highest BCUT2D eigenvalue weighted by Gasteiger charge is 2.33. The average Bonchev–Trinajstić information content (AvgIpc) is 3.37. The molecule has 1 aliphatic rings. The first-order valence-corrected chi connectivity index (χ1v) is 15.8. The van der Waals surface area contributed by atoms with E-state index in [2.05, 4.69) is 26.6 Å². The molecule has 0 unspecified atom stereocenters. The number of primary amides is 1. The number of ether oxygens (including phenoxy) is 1. The highest BCUT2D eigenvalue weighted by atomic mass is 16.5. The Hall–Kier alpha value is -5.81.